The number of aromatic nitrogens is 3. The van der Waals surface area contributed by atoms with Crippen LogP contribution in [0.2, 0.25) is 0 Å². The number of methoxy groups -OCH3 is 2. The van der Waals surface area contributed by atoms with Gasteiger partial charge in [-0.1, -0.05) is 26.0 Å². The Bertz CT molecular complexity index is 1130. The third kappa shape index (κ3) is 5.43. The number of hydrogen-bond acceptors (Lipinski definition) is 7. The van der Waals surface area contributed by atoms with E-state index in [1.165, 1.54) is 0 Å². The molecular formula is C24H31N5O4. The molecule has 0 unspecified atom stereocenters. The van der Waals surface area contributed by atoms with Crippen molar-refractivity contribution in [1.82, 2.24) is 15.0 Å². The fourth-order valence-electron chi connectivity index (χ4n) is 3.28. The van der Waals surface area contributed by atoms with E-state index < -0.39 is 0 Å². The summed E-state index contributed by atoms with van der Waals surface area (Å²) < 4.78 is 18.0. The number of ether oxygens (including phenoxy) is 3. The highest BCUT2D eigenvalue weighted by atomic mass is 16.5. The van der Waals surface area contributed by atoms with Crippen LogP contribution in [0.3, 0.4) is 0 Å². The van der Waals surface area contributed by atoms with Crippen molar-refractivity contribution >= 4 is 11.6 Å². The zero-order valence-electron chi connectivity index (χ0n) is 19.9. The largest absolute Gasteiger partial charge is 0.497 e. The molecule has 1 heterocycles. The lowest BCUT2D eigenvalue weighted by Gasteiger charge is -2.21. The first kappa shape index (κ1) is 24.1. The molecule has 3 rings (SSSR count). The topological polar surface area (TPSA) is 114 Å². The minimum atomic E-state index is -0.378. The number of benzene rings is 2. The molecule has 0 fully saturated rings. The van der Waals surface area contributed by atoms with Gasteiger partial charge >= 0.3 is 0 Å². The monoisotopic (exact) mass is 453 g/mol. The molecule has 176 valence electrons. The van der Waals surface area contributed by atoms with Gasteiger partial charge in [0.1, 0.15) is 29.5 Å². The molecule has 33 heavy (non-hydrogen) atoms. The van der Waals surface area contributed by atoms with Gasteiger partial charge in [-0.05, 0) is 42.2 Å². The first-order chi connectivity index (χ1) is 15.7. The molecule has 0 saturated carbocycles. The van der Waals surface area contributed by atoms with Crippen LogP contribution in [-0.2, 0) is 5.41 Å². The molecule has 0 aliphatic rings. The van der Waals surface area contributed by atoms with Crippen molar-refractivity contribution in [2.75, 3.05) is 32.7 Å². The van der Waals surface area contributed by atoms with Gasteiger partial charge in [0.25, 0.3) is 5.91 Å². The molecule has 9 heteroatoms. The van der Waals surface area contributed by atoms with Crippen molar-refractivity contribution in [3.8, 4) is 22.9 Å². The zero-order valence-corrected chi connectivity index (χ0v) is 19.9. The summed E-state index contributed by atoms with van der Waals surface area (Å²) in [6.07, 6.45) is 0. The van der Waals surface area contributed by atoms with E-state index in [1.54, 1.807) is 50.1 Å². The van der Waals surface area contributed by atoms with Crippen molar-refractivity contribution in [2.45, 2.75) is 33.1 Å². The number of rotatable bonds is 8. The van der Waals surface area contributed by atoms with Crippen LogP contribution in [0.1, 0.15) is 42.5 Å². The number of nitrogens with zero attached hydrogens (tertiary/aromatic N) is 3. The van der Waals surface area contributed by atoms with Gasteiger partial charge in [-0.15, -0.1) is 5.10 Å². The average molecular weight is 454 g/mol. The van der Waals surface area contributed by atoms with Gasteiger partial charge in [0, 0.05) is 24.4 Å². The summed E-state index contributed by atoms with van der Waals surface area (Å²) in [5.41, 5.74) is 8.44. The SMILES string of the molecule is COc1ccc(OC)c(-n2nnc(C(=O)Nc3cc(OCCN)cc(C(C)(C)C)c3)c2C)c1. The van der Waals surface area contributed by atoms with Gasteiger partial charge in [0.2, 0.25) is 0 Å². The van der Waals surface area contributed by atoms with Gasteiger partial charge in [-0.2, -0.15) is 0 Å². The van der Waals surface area contributed by atoms with Crippen LogP contribution in [0, 0.1) is 6.92 Å². The molecule has 0 aliphatic carbocycles. The molecular weight excluding hydrogens is 422 g/mol. The van der Waals surface area contributed by atoms with E-state index in [-0.39, 0.29) is 17.0 Å². The summed E-state index contributed by atoms with van der Waals surface area (Å²) in [5.74, 6) is 1.48. The molecule has 0 radical (unpaired) electrons. The van der Waals surface area contributed by atoms with E-state index in [9.17, 15) is 4.79 Å². The highest BCUT2D eigenvalue weighted by Gasteiger charge is 2.21. The van der Waals surface area contributed by atoms with Gasteiger partial charge < -0.3 is 25.3 Å². The second kappa shape index (κ2) is 9.91. The minimum Gasteiger partial charge on any atom is -0.497 e. The van der Waals surface area contributed by atoms with Crippen LogP contribution in [0.5, 0.6) is 17.2 Å². The molecule has 3 N–H and O–H groups in total. The normalized spacial score (nSPS) is 11.2. The van der Waals surface area contributed by atoms with Gasteiger partial charge in [-0.25, -0.2) is 4.68 Å². The second-order valence-corrected chi connectivity index (χ2v) is 8.56. The third-order valence-corrected chi connectivity index (χ3v) is 5.14. The lowest BCUT2D eigenvalue weighted by Crippen LogP contribution is -2.17. The summed E-state index contributed by atoms with van der Waals surface area (Å²) in [5, 5.41) is 11.2. The van der Waals surface area contributed by atoms with Crippen molar-refractivity contribution < 1.29 is 19.0 Å². The molecule has 0 saturated heterocycles. The molecule has 2 aromatic carbocycles. The van der Waals surface area contributed by atoms with Crippen molar-refractivity contribution in [3.05, 3.63) is 53.3 Å². The lowest BCUT2D eigenvalue weighted by molar-refractivity contribution is 0.102. The van der Waals surface area contributed by atoms with E-state index in [4.69, 9.17) is 19.9 Å². The summed E-state index contributed by atoms with van der Waals surface area (Å²) in [6, 6.07) is 11.0. The van der Waals surface area contributed by atoms with E-state index in [0.29, 0.717) is 47.5 Å². The maximum atomic E-state index is 13.1. The van der Waals surface area contributed by atoms with Crippen LogP contribution in [0.4, 0.5) is 5.69 Å². The number of nitrogens with one attached hydrogen (secondary N) is 1. The summed E-state index contributed by atoms with van der Waals surface area (Å²) in [4.78, 5) is 13.1. The molecule has 0 atom stereocenters. The highest BCUT2D eigenvalue weighted by Crippen LogP contribution is 2.31. The highest BCUT2D eigenvalue weighted by molar-refractivity contribution is 6.03. The molecule has 0 bridgehead atoms. The Kier molecular flexibility index (Phi) is 7.23. The predicted molar refractivity (Wildman–Crippen MR) is 127 cm³/mol. The Morgan fingerprint density at radius 2 is 1.85 bits per heavy atom. The van der Waals surface area contributed by atoms with Gasteiger partial charge in [0.15, 0.2) is 5.69 Å². The molecule has 0 aliphatic heterocycles. The van der Waals surface area contributed by atoms with Crippen LogP contribution < -0.4 is 25.3 Å². The smallest absolute Gasteiger partial charge is 0.278 e. The number of amides is 1. The Morgan fingerprint density at radius 1 is 1.09 bits per heavy atom. The molecule has 1 aromatic heterocycles. The Labute approximate surface area is 193 Å². The molecule has 9 nitrogen and oxygen atoms in total. The zero-order chi connectivity index (χ0) is 24.2. The maximum Gasteiger partial charge on any atom is 0.278 e. The average Bonchev–Trinajstić information content (AvgIpc) is 3.17. The molecule has 3 aromatic rings. The van der Waals surface area contributed by atoms with Gasteiger partial charge in [0.05, 0.1) is 19.9 Å². The first-order valence-corrected chi connectivity index (χ1v) is 10.6. The minimum absolute atomic E-state index is 0.135. The van der Waals surface area contributed by atoms with Crippen LogP contribution in [0.15, 0.2) is 36.4 Å². The maximum absolute atomic E-state index is 13.1. The summed E-state index contributed by atoms with van der Waals surface area (Å²) in [7, 11) is 3.15. The van der Waals surface area contributed by atoms with E-state index >= 15 is 0 Å². The standard InChI is InChI=1S/C24H31N5O4/c1-15-22(27-28-29(15)20-14-18(31-5)7-8-21(20)32-6)23(30)26-17-11-16(24(2,3)4)12-19(13-17)33-10-9-25/h7-8,11-14H,9-10,25H2,1-6H3,(H,26,30). The second-order valence-electron chi connectivity index (χ2n) is 8.56. The quantitative estimate of drug-likeness (QED) is 0.537. The lowest BCUT2D eigenvalue weighted by atomic mass is 9.86. The Hall–Kier alpha value is -3.59. The third-order valence-electron chi connectivity index (χ3n) is 5.14. The van der Waals surface area contributed by atoms with Crippen molar-refractivity contribution in [2.24, 2.45) is 5.73 Å². The van der Waals surface area contributed by atoms with Crippen molar-refractivity contribution in [1.29, 1.82) is 0 Å². The van der Waals surface area contributed by atoms with E-state index in [2.05, 4.69) is 36.4 Å². The Morgan fingerprint density at radius 3 is 2.48 bits per heavy atom. The van der Waals surface area contributed by atoms with Crippen LogP contribution in [-0.4, -0.2) is 48.3 Å². The fraction of sp³-hybridized carbons (Fsp3) is 0.375. The van der Waals surface area contributed by atoms with Crippen LogP contribution in [0.25, 0.3) is 5.69 Å². The van der Waals surface area contributed by atoms with E-state index in [1.807, 2.05) is 12.1 Å². The number of carbonyl (C=O) groups excluding carboxylic acids is 1. The summed E-state index contributed by atoms with van der Waals surface area (Å²) in [6.45, 7) is 8.84. The first-order valence-electron chi connectivity index (χ1n) is 10.6. The van der Waals surface area contributed by atoms with E-state index in [0.717, 1.165) is 5.56 Å². The predicted octanol–water partition coefficient (Wildman–Crippen LogP) is 3.48. The number of carbonyl (C=O) groups is 1. The van der Waals surface area contributed by atoms with Crippen LogP contribution >= 0.6 is 0 Å². The molecule has 1 amide bonds. The number of nitrogens with two attached hydrogens (primary N) is 1. The molecule has 0 spiro atoms. The fourth-order valence-corrected chi connectivity index (χ4v) is 3.28. The Balaban J connectivity index is 1.93. The number of anilines is 1. The summed E-state index contributed by atoms with van der Waals surface area (Å²) >= 11 is 0. The van der Waals surface area contributed by atoms with Gasteiger partial charge in [-0.3, -0.25) is 4.79 Å². The number of hydrogen-bond donors (Lipinski definition) is 2. The van der Waals surface area contributed by atoms with Crippen molar-refractivity contribution in [3.63, 3.8) is 0 Å².